The largest absolute Gasteiger partial charge is 0.444 e. The molecule has 1 N–H and O–H groups in total. The first-order valence-corrected chi connectivity index (χ1v) is 10.3. The van der Waals surface area contributed by atoms with Gasteiger partial charge in [0.25, 0.3) is 0 Å². The van der Waals surface area contributed by atoms with Gasteiger partial charge < -0.3 is 14.5 Å². The molecule has 1 aromatic rings. The number of imide groups is 1. The summed E-state index contributed by atoms with van der Waals surface area (Å²) in [6.07, 6.45) is 2.40. The van der Waals surface area contributed by atoms with Crippen LogP contribution in [0.1, 0.15) is 57.9 Å². The highest BCUT2D eigenvalue weighted by Gasteiger charge is 2.31. The summed E-state index contributed by atoms with van der Waals surface area (Å²) in [7, 11) is 1.89. The van der Waals surface area contributed by atoms with Gasteiger partial charge in [-0.25, -0.2) is 4.79 Å². The van der Waals surface area contributed by atoms with E-state index in [1.807, 2.05) is 44.9 Å². The van der Waals surface area contributed by atoms with Crippen LogP contribution in [0.15, 0.2) is 24.3 Å². The van der Waals surface area contributed by atoms with E-state index in [-0.39, 0.29) is 23.9 Å². The van der Waals surface area contributed by atoms with E-state index in [0.717, 1.165) is 18.5 Å². The minimum atomic E-state index is -0.483. The summed E-state index contributed by atoms with van der Waals surface area (Å²) in [5.41, 5.74) is 1.69. The Morgan fingerprint density at radius 2 is 1.86 bits per heavy atom. The van der Waals surface area contributed by atoms with E-state index in [1.54, 1.807) is 4.90 Å². The van der Waals surface area contributed by atoms with Gasteiger partial charge in [0.05, 0.1) is 0 Å². The number of amides is 3. The molecule has 2 saturated heterocycles. The van der Waals surface area contributed by atoms with Gasteiger partial charge in [-0.3, -0.25) is 14.9 Å². The number of piperidine rings is 2. The highest BCUT2D eigenvalue weighted by atomic mass is 16.6. The van der Waals surface area contributed by atoms with E-state index < -0.39 is 5.60 Å². The Bertz CT molecular complexity index is 779. The fourth-order valence-corrected chi connectivity index (χ4v) is 3.95. The highest BCUT2D eigenvalue weighted by molar-refractivity contribution is 6.01. The third-order valence-corrected chi connectivity index (χ3v) is 5.57. The van der Waals surface area contributed by atoms with E-state index >= 15 is 0 Å². The number of likely N-dealkylation sites (N-methyl/N-ethyl adjacent to an activating group) is 1. The van der Waals surface area contributed by atoms with Crippen LogP contribution in [0.4, 0.5) is 10.5 Å². The fourth-order valence-electron chi connectivity index (χ4n) is 3.95. The third-order valence-electron chi connectivity index (χ3n) is 5.57. The van der Waals surface area contributed by atoms with Gasteiger partial charge in [0, 0.05) is 32.2 Å². The average molecular weight is 402 g/mol. The quantitative estimate of drug-likeness (QED) is 0.788. The van der Waals surface area contributed by atoms with Crippen molar-refractivity contribution in [3.05, 3.63) is 29.8 Å². The Morgan fingerprint density at radius 3 is 2.48 bits per heavy atom. The lowest BCUT2D eigenvalue weighted by molar-refractivity contribution is -0.134. The average Bonchev–Trinajstić information content (AvgIpc) is 2.66. The van der Waals surface area contributed by atoms with Crippen LogP contribution < -0.4 is 10.2 Å². The van der Waals surface area contributed by atoms with Gasteiger partial charge in [-0.2, -0.15) is 0 Å². The molecule has 7 heteroatoms. The molecule has 2 fully saturated rings. The van der Waals surface area contributed by atoms with Crippen LogP contribution in [0.5, 0.6) is 0 Å². The zero-order valence-electron chi connectivity index (χ0n) is 17.7. The van der Waals surface area contributed by atoms with E-state index in [0.29, 0.717) is 31.8 Å². The molecule has 2 heterocycles. The topological polar surface area (TPSA) is 79.0 Å². The van der Waals surface area contributed by atoms with Crippen molar-refractivity contribution in [1.29, 1.82) is 0 Å². The number of likely N-dealkylation sites (tertiary alicyclic amines) is 1. The number of nitrogens with one attached hydrogen (secondary N) is 1. The van der Waals surface area contributed by atoms with E-state index in [2.05, 4.69) is 17.4 Å². The van der Waals surface area contributed by atoms with Crippen LogP contribution in [0.2, 0.25) is 0 Å². The number of anilines is 1. The minimum Gasteiger partial charge on any atom is -0.444 e. The van der Waals surface area contributed by atoms with Crippen molar-refractivity contribution in [2.24, 2.45) is 0 Å². The SMILES string of the molecule is CN(c1cccc(C2CCN(C(=O)OC(C)(C)C)CC2)c1)C1CCC(=O)NC1=O. The number of carbonyl (C=O) groups is 3. The maximum atomic E-state index is 12.3. The summed E-state index contributed by atoms with van der Waals surface area (Å²) in [5, 5.41) is 2.42. The first kappa shape index (κ1) is 21.1. The van der Waals surface area contributed by atoms with E-state index in [9.17, 15) is 14.4 Å². The van der Waals surface area contributed by atoms with Crippen LogP contribution in [0.25, 0.3) is 0 Å². The molecule has 1 unspecified atom stereocenters. The van der Waals surface area contributed by atoms with Crippen molar-refractivity contribution in [3.63, 3.8) is 0 Å². The maximum Gasteiger partial charge on any atom is 0.410 e. The number of nitrogens with zero attached hydrogens (tertiary/aromatic N) is 2. The molecule has 0 aromatic heterocycles. The Kier molecular flexibility index (Phi) is 6.15. The normalized spacial score (nSPS) is 21.0. The van der Waals surface area contributed by atoms with Gasteiger partial charge in [0.1, 0.15) is 11.6 Å². The Labute approximate surface area is 172 Å². The van der Waals surface area contributed by atoms with Crippen LogP contribution >= 0.6 is 0 Å². The molecular formula is C22H31N3O4. The maximum absolute atomic E-state index is 12.3. The molecular weight excluding hydrogens is 370 g/mol. The molecule has 3 amide bonds. The molecule has 0 bridgehead atoms. The second kappa shape index (κ2) is 8.43. The van der Waals surface area contributed by atoms with E-state index in [1.165, 1.54) is 5.56 Å². The second-order valence-corrected chi connectivity index (χ2v) is 8.91. The molecule has 2 aliphatic rings. The fraction of sp³-hybridized carbons (Fsp3) is 0.591. The number of hydrogen-bond donors (Lipinski definition) is 1. The van der Waals surface area contributed by atoms with Crippen LogP contribution in [0.3, 0.4) is 0 Å². The second-order valence-electron chi connectivity index (χ2n) is 8.91. The molecule has 29 heavy (non-hydrogen) atoms. The predicted octanol–water partition coefficient (Wildman–Crippen LogP) is 3.04. The molecule has 158 valence electrons. The van der Waals surface area contributed by atoms with Gasteiger partial charge in [-0.05, 0) is 63.6 Å². The number of ether oxygens (including phenoxy) is 1. The summed E-state index contributed by atoms with van der Waals surface area (Å²) in [6, 6.07) is 7.89. The zero-order valence-corrected chi connectivity index (χ0v) is 17.7. The van der Waals surface area contributed by atoms with Gasteiger partial charge in [-0.1, -0.05) is 12.1 Å². The molecule has 0 radical (unpaired) electrons. The lowest BCUT2D eigenvalue weighted by Crippen LogP contribution is -2.51. The van der Waals surface area contributed by atoms with Crippen molar-refractivity contribution in [2.75, 3.05) is 25.0 Å². The van der Waals surface area contributed by atoms with Crippen molar-refractivity contribution in [2.45, 2.75) is 64.0 Å². The molecule has 2 aliphatic heterocycles. The summed E-state index contributed by atoms with van der Waals surface area (Å²) in [4.78, 5) is 39.6. The Morgan fingerprint density at radius 1 is 1.17 bits per heavy atom. The summed E-state index contributed by atoms with van der Waals surface area (Å²) >= 11 is 0. The number of benzene rings is 1. The standard InChI is InChI=1S/C22H31N3O4/c1-22(2,3)29-21(28)25-12-10-15(11-13-25)16-6-5-7-17(14-16)24(4)18-8-9-19(26)23-20(18)27/h5-7,14-15,18H,8-13H2,1-4H3,(H,23,26,27). The first-order valence-electron chi connectivity index (χ1n) is 10.3. The molecule has 1 aromatic carbocycles. The van der Waals surface area contributed by atoms with Crippen LogP contribution in [-0.2, 0) is 14.3 Å². The number of carbonyl (C=O) groups excluding carboxylic acids is 3. The molecule has 0 aliphatic carbocycles. The highest BCUT2D eigenvalue weighted by Crippen LogP contribution is 2.31. The summed E-state index contributed by atoms with van der Waals surface area (Å²) < 4.78 is 5.47. The summed E-state index contributed by atoms with van der Waals surface area (Å²) in [6.45, 7) is 6.98. The lowest BCUT2D eigenvalue weighted by Gasteiger charge is -2.34. The molecule has 0 saturated carbocycles. The molecule has 1 atom stereocenters. The van der Waals surface area contributed by atoms with Crippen LogP contribution in [-0.4, -0.2) is 54.6 Å². The predicted molar refractivity (Wildman–Crippen MR) is 111 cm³/mol. The summed E-state index contributed by atoms with van der Waals surface area (Å²) in [5.74, 6) is -0.0752. The Hall–Kier alpha value is -2.57. The molecule has 3 rings (SSSR count). The van der Waals surface area contributed by atoms with Crippen molar-refractivity contribution in [3.8, 4) is 0 Å². The van der Waals surface area contributed by atoms with Gasteiger partial charge in [0.2, 0.25) is 11.8 Å². The van der Waals surface area contributed by atoms with Gasteiger partial charge in [-0.15, -0.1) is 0 Å². The lowest BCUT2D eigenvalue weighted by atomic mass is 9.89. The molecule has 0 spiro atoms. The van der Waals surface area contributed by atoms with Crippen molar-refractivity contribution >= 4 is 23.6 Å². The van der Waals surface area contributed by atoms with Crippen molar-refractivity contribution < 1.29 is 19.1 Å². The van der Waals surface area contributed by atoms with Crippen LogP contribution in [0, 0.1) is 0 Å². The molecule has 7 nitrogen and oxygen atoms in total. The van der Waals surface area contributed by atoms with E-state index in [4.69, 9.17) is 4.74 Å². The van der Waals surface area contributed by atoms with Gasteiger partial charge in [0.15, 0.2) is 0 Å². The third kappa shape index (κ3) is 5.28. The minimum absolute atomic E-state index is 0.204. The zero-order chi connectivity index (χ0) is 21.2. The Balaban J connectivity index is 1.62. The number of hydrogen-bond acceptors (Lipinski definition) is 5. The van der Waals surface area contributed by atoms with Crippen molar-refractivity contribution in [1.82, 2.24) is 10.2 Å². The smallest absolute Gasteiger partial charge is 0.410 e. The first-order chi connectivity index (χ1) is 13.6. The number of rotatable bonds is 3. The van der Waals surface area contributed by atoms with Gasteiger partial charge >= 0.3 is 6.09 Å². The monoisotopic (exact) mass is 401 g/mol.